The van der Waals surface area contributed by atoms with Gasteiger partial charge in [-0.05, 0) is 88.3 Å². The Balaban J connectivity index is 2.08. The Hall–Kier alpha value is -2.60. The number of methoxy groups -OCH3 is 1. The number of rotatable bonds is 7. The molecule has 0 atom stereocenters. The minimum Gasteiger partial charge on any atom is -0.494 e. The van der Waals surface area contributed by atoms with Crippen LogP contribution in [0.4, 0.5) is 10.5 Å². The van der Waals surface area contributed by atoms with Gasteiger partial charge in [0.15, 0.2) is 0 Å². The van der Waals surface area contributed by atoms with Crippen molar-refractivity contribution in [3.8, 4) is 17.2 Å². The quantitative estimate of drug-likeness (QED) is 0.280. The van der Waals surface area contributed by atoms with Gasteiger partial charge in [0, 0.05) is 6.07 Å². The van der Waals surface area contributed by atoms with Crippen LogP contribution in [0, 0.1) is 3.57 Å². The molecule has 0 bridgehead atoms. The molecule has 0 saturated carbocycles. The normalized spacial score (nSPS) is 15.1. The lowest BCUT2D eigenvalue weighted by atomic mass is 10.1. The smallest absolute Gasteiger partial charge is 0.336 e. The average Bonchev–Trinajstić information content (AvgIpc) is 2.73. The molecule has 4 amide bonds. The summed E-state index contributed by atoms with van der Waals surface area (Å²) in [6, 6.07) is 7.45. The van der Waals surface area contributed by atoms with Crippen molar-refractivity contribution in [2.24, 2.45) is 0 Å². The van der Waals surface area contributed by atoms with Gasteiger partial charge in [-0.1, -0.05) is 0 Å². The second-order valence-electron chi connectivity index (χ2n) is 6.47. The predicted molar refractivity (Wildman–Crippen MR) is 131 cm³/mol. The van der Waals surface area contributed by atoms with Crippen LogP contribution in [0.25, 0.3) is 6.08 Å². The molecule has 1 N–H and O–H groups in total. The second kappa shape index (κ2) is 10.3. The third-order valence-electron chi connectivity index (χ3n) is 4.42. The molecule has 0 radical (unpaired) electrons. The number of hydrogen-bond acceptors (Lipinski definition) is 6. The van der Waals surface area contributed by atoms with E-state index in [0.29, 0.717) is 40.5 Å². The van der Waals surface area contributed by atoms with Gasteiger partial charge in [0.2, 0.25) is 0 Å². The molecule has 1 aliphatic rings. The van der Waals surface area contributed by atoms with Crippen molar-refractivity contribution in [1.29, 1.82) is 0 Å². The molecule has 1 aliphatic heterocycles. The number of anilines is 1. The van der Waals surface area contributed by atoms with Crippen molar-refractivity contribution in [1.82, 2.24) is 5.32 Å². The molecule has 1 heterocycles. The maximum atomic E-state index is 13.3. The van der Waals surface area contributed by atoms with Crippen LogP contribution in [-0.4, -0.2) is 38.2 Å². The lowest BCUT2D eigenvalue weighted by Gasteiger charge is -2.28. The van der Waals surface area contributed by atoms with Crippen LogP contribution in [-0.2, 0) is 9.59 Å². The van der Waals surface area contributed by atoms with E-state index in [2.05, 4.69) is 43.8 Å². The number of urea groups is 1. The number of imide groups is 2. The highest BCUT2D eigenvalue weighted by atomic mass is 127. The molecule has 1 saturated heterocycles. The standard InChI is InChI=1S/C22H20BrIN2O6/c1-4-31-13-6-7-18(32-5-2)17(11-13)26-21(28)14(20(27)25-22(26)29)8-12-9-15(23)19(30-3)16(24)10-12/h6-11H,4-5H2,1-3H3,(H,25,27,29)/b14-8+. The molecule has 0 aliphatic carbocycles. The Morgan fingerprint density at radius 2 is 1.81 bits per heavy atom. The highest BCUT2D eigenvalue weighted by Gasteiger charge is 2.38. The van der Waals surface area contributed by atoms with Gasteiger partial charge >= 0.3 is 6.03 Å². The molecule has 1 fully saturated rings. The van der Waals surface area contributed by atoms with E-state index in [1.807, 2.05) is 6.92 Å². The highest BCUT2D eigenvalue weighted by Crippen LogP contribution is 2.36. The van der Waals surface area contributed by atoms with Crippen molar-refractivity contribution in [3.05, 3.63) is 49.5 Å². The first-order chi connectivity index (χ1) is 15.3. The number of hydrogen-bond donors (Lipinski definition) is 1. The van der Waals surface area contributed by atoms with E-state index in [1.165, 1.54) is 12.1 Å². The van der Waals surface area contributed by atoms with E-state index in [0.717, 1.165) is 8.47 Å². The van der Waals surface area contributed by atoms with Crippen molar-refractivity contribution >= 4 is 68.1 Å². The number of carbonyl (C=O) groups is 3. The number of ether oxygens (including phenoxy) is 3. The lowest BCUT2D eigenvalue weighted by Crippen LogP contribution is -2.54. The highest BCUT2D eigenvalue weighted by molar-refractivity contribution is 14.1. The van der Waals surface area contributed by atoms with Crippen molar-refractivity contribution in [2.75, 3.05) is 25.2 Å². The van der Waals surface area contributed by atoms with Gasteiger partial charge in [-0.15, -0.1) is 0 Å². The summed E-state index contributed by atoms with van der Waals surface area (Å²) in [5, 5.41) is 2.23. The summed E-state index contributed by atoms with van der Waals surface area (Å²) in [6.07, 6.45) is 1.43. The van der Waals surface area contributed by atoms with Gasteiger partial charge in [-0.3, -0.25) is 14.9 Å². The van der Waals surface area contributed by atoms with Crippen LogP contribution in [0.5, 0.6) is 17.2 Å². The number of barbiturate groups is 1. The summed E-state index contributed by atoms with van der Waals surface area (Å²) in [5.41, 5.74) is 0.578. The molecule has 2 aromatic rings. The Morgan fingerprint density at radius 1 is 1.09 bits per heavy atom. The molecular weight excluding hydrogens is 595 g/mol. The second-order valence-corrected chi connectivity index (χ2v) is 8.49. The zero-order valence-corrected chi connectivity index (χ0v) is 21.3. The summed E-state index contributed by atoms with van der Waals surface area (Å²) in [6.45, 7) is 4.34. The van der Waals surface area contributed by atoms with E-state index in [-0.39, 0.29) is 11.3 Å². The lowest BCUT2D eigenvalue weighted by molar-refractivity contribution is -0.122. The predicted octanol–water partition coefficient (Wildman–Crippen LogP) is 4.53. The number of carbonyl (C=O) groups excluding carboxylic acids is 3. The Morgan fingerprint density at radius 3 is 2.44 bits per heavy atom. The summed E-state index contributed by atoms with van der Waals surface area (Å²) in [7, 11) is 1.55. The number of benzene rings is 2. The van der Waals surface area contributed by atoms with E-state index in [4.69, 9.17) is 14.2 Å². The molecule has 32 heavy (non-hydrogen) atoms. The van der Waals surface area contributed by atoms with Gasteiger partial charge in [-0.25, -0.2) is 9.69 Å². The molecular formula is C22H20BrIN2O6. The van der Waals surface area contributed by atoms with Crippen LogP contribution < -0.4 is 24.4 Å². The zero-order valence-electron chi connectivity index (χ0n) is 17.5. The van der Waals surface area contributed by atoms with Crippen molar-refractivity contribution < 1.29 is 28.6 Å². The van der Waals surface area contributed by atoms with Gasteiger partial charge in [-0.2, -0.15) is 0 Å². The van der Waals surface area contributed by atoms with E-state index >= 15 is 0 Å². The van der Waals surface area contributed by atoms with Gasteiger partial charge in [0.1, 0.15) is 22.8 Å². The average molecular weight is 615 g/mol. The number of halogens is 2. The first kappa shape index (κ1) is 24.1. The van der Waals surface area contributed by atoms with Crippen LogP contribution in [0.2, 0.25) is 0 Å². The van der Waals surface area contributed by atoms with Crippen LogP contribution in [0.15, 0.2) is 40.4 Å². The topological polar surface area (TPSA) is 94.2 Å². The third kappa shape index (κ3) is 4.90. The maximum Gasteiger partial charge on any atom is 0.336 e. The summed E-state index contributed by atoms with van der Waals surface area (Å²) >= 11 is 5.51. The molecule has 3 rings (SSSR count). The van der Waals surface area contributed by atoms with Crippen LogP contribution in [0.1, 0.15) is 19.4 Å². The molecule has 0 aromatic heterocycles. The van der Waals surface area contributed by atoms with E-state index in [9.17, 15) is 14.4 Å². The molecule has 8 nitrogen and oxygen atoms in total. The Kier molecular flexibility index (Phi) is 7.77. The van der Waals surface area contributed by atoms with Gasteiger partial charge in [0.25, 0.3) is 11.8 Å². The fourth-order valence-corrected chi connectivity index (χ4v) is 4.99. The van der Waals surface area contributed by atoms with Crippen molar-refractivity contribution in [2.45, 2.75) is 13.8 Å². The molecule has 2 aromatic carbocycles. The first-order valence-corrected chi connectivity index (χ1v) is 11.5. The van der Waals surface area contributed by atoms with E-state index < -0.39 is 17.8 Å². The van der Waals surface area contributed by atoms with Crippen molar-refractivity contribution in [3.63, 3.8) is 0 Å². The fourth-order valence-electron chi connectivity index (χ4n) is 3.11. The van der Waals surface area contributed by atoms with Gasteiger partial charge < -0.3 is 14.2 Å². The zero-order chi connectivity index (χ0) is 23.4. The Labute approximate surface area is 207 Å². The number of nitrogens with zero attached hydrogens (tertiary/aromatic N) is 1. The number of amides is 4. The van der Waals surface area contributed by atoms with Gasteiger partial charge in [0.05, 0.1) is 34.1 Å². The fraction of sp³-hybridized carbons (Fsp3) is 0.227. The third-order valence-corrected chi connectivity index (χ3v) is 5.81. The van der Waals surface area contributed by atoms with Crippen LogP contribution >= 0.6 is 38.5 Å². The molecule has 10 heteroatoms. The van der Waals surface area contributed by atoms with Crippen LogP contribution in [0.3, 0.4) is 0 Å². The minimum absolute atomic E-state index is 0.184. The molecule has 168 valence electrons. The monoisotopic (exact) mass is 614 g/mol. The maximum absolute atomic E-state index is 13.3. The summed E-state index contributed by atoms with van der Waals surface area (Å²) < 4.78 is 17.9. The summed E-state index contributed by atoms with van der Waals surface area (Å²) in [5.74, 6) is -0.136. The largest absolute Gasteiger partial charge is 0.494 e. The minimum atomic E-state index is -0.864. The first-order valence-electron chi connectivity index (χ1n) is 9.64. The number of nitrogens with one attached hydrogen (secondary N) is 1. The SMILES string of the molecule is CCOc1ccc(OCC)c(N2C(=O)NC(=O)/C(=C\c3cc(Br)c(OC)c(I)c3)C2=O)c1. The molecule has 0 unspecified atom stereocenters. The summed E-state index contributed by atoms with van der Waals surface area (Å²) in [4.78, 5) is 39.4. The van der Waals surface area contributed by atoms with E-state index in [1.54, 1.807) is 38.3 Å². The molecule has 0 spiro atoms. The Bertz CT molecular complexity index is 1090.